The van der Waals surface area contributed by atoms with Gasteiger partial charge in [-0.25, -0.2) is 4.98 Å². The number of pyridine rings is 2. The highest BCUT2D eigenvalue weighted by Crippen LogP contribution is 2.38. The molecule has 1 fully saturated rings. The maximum atomic E-state index is 9.26. The molecule has 0 saturated carbocycles. The highest BCUT2D eigenvalue weighted by molar-refractivity contribution is 5.86. The van der Waals surface area contributed by atoms with Gasteiger partial charge in [0.15, 0.2) is 0 Å². The summed E-state index contributed by atoms with van der Waals surface area (Å²) in [7, 11) is 2.18. The van der Waals surface area contributed by atoms with Crippen LogP contribution in [0.15, 0.2) is 61.2 Å². The lowest BCUT2D eigenvalue weighted by atomic mass is 9.98. The summed E-state index contributed by atoms with van der Waals surface area (Å²) < 4.78 is 8.54. The maximum absolute atomic E-state index is 9.26. The van der Waals surface area contributed by atoms with E-state index in [0.29, 0.717) is 18.1 Å². The van der Waals surface area contributed by atoms with Crippen molar-refractivity contribution in [3.63, 3.8) is 0 Å². The summed E-state index contributed by atoms with van der Waals surface area (Å²) in [5, 5.41) is 9.26. The molecular weight excluding hydrogens is 422 g/mol. The van der Waals surface area contributed by atoms with E-state index >= 15 is 0 Å². The monoisotopic (exact) mass is 451 g/mol. The predicted molar refractivity (Wildman–Crippen MR) is 134 cm³/mol. The van der Waals surface area contributed by atoms with Gasteiger partial charge in [-0.05, 0) is 68.8 Å². The number of hydrogen-bond donors (Lipinski definition) is 0. The van der Waals surface area contributed by atoms with Gasteiger partial charge in [-0.3, -0.25) is 9.38 Å². The molecule has 1 saturated heterocycles. The summed E-state index contributed by atoms with van der Waals surface area (Å²) >= 11 is 0. The second-order valence-electron chi connectivity index (χ2n) is 9.08. The molecule has 3 aromatic heterocycles. The average molecular weight is 452 g/mol. The molecule has 0 radical (unpaired) electrons. The number of hydrogen-bond acceptors (Lipinski definition) is 5. The molecule has 6 heteroatoms. The Bertz CT molecular complexity index is 1320. The number of fused-ring (bicyclic) bond motifs is 1. The number of aromatic nitrogens is 3. The third-order valence-corrected chi connectivity index (χ3v) is 6.64. The first kappa shape index (κ1) is 22.1. The minimum atomic E-state index is 0.519. The fraction of sp³-hybridized carbons (Fsp3) is 0.321. The number of piperidine rings is 1. The van der Waals surface area contributed by atoms with E-state index in [4.69, 9.17) is 4.74 Å². The van der Waals surface area contributed by atoms with E-state index in [2.05, 4.69) is 57.5 Å². The lowest BCUT2D eigenvalue weighted by Crippen LogP contribution is -2.34. The first-order valence-corrected chi connectivity index (χ1v) is 11.9. The van der Waals surface area contributed by atoms with E-state index < -0.39 is 0 Å². The second kappa shape index (κ2) is 9.66. The number of benzene rings is 1. The van der Waals surface area contributed by atoms with Crippen LogP contribution in [-0.4, -0.2) is 46.0 Å². The third kappa shape index (κ3) is 4.40. The molecular formula is C28H29N5O. The van der Waals surface area contributed by atoms with Gasteiger partial charge >= 0.3 is 0 Å². The highest BCUT2D eigenvalue weighted by atomic mass is 16.5. The van der Waals surface area contributed by atoms with E-state index in [0.717, 1.165) is 58.9 Å². The van der Waals surface area contributed by atoms with Crippen LogP contribution in [0.4, 0.5) is 0 Å². The molecule has 0 bridgehead atoms. The third-order valence-electron chi connectivity index (χ3n) is 6.64. The zero-order chi connectivity index (χ0) is 23.5. The molecule has 34 heavy (non-hydrogen) atoms. The molecule has 0 amide bonds. The Morgan fingerprint density at radius 3 is 2.65 bits per heavy atom. The van der Waals surface area contributed by atoms with Crippen LogP contribution in [0.2, 0.25) is 0 Å². The molecule has 1 aromatic carbocycles. The van der Waals surface area contributed by atoms with Crippen molar-refractivity contribution in [1.82, 2.24) is 19.3 Å². The number of aryl methyl sites for hydroxylation is 1. The van der Waals surface area contributed by atoms with Crippen LogP contribution in [0, 0.1) is 17.2 Å². The molecule has 172 valence electrons. The lowest BCUT2D eigenvalue weighted by Gasteiger charge is -2.29. The normalized spacial score (nSPS) is 16.4. The van der Waals surface area contributed by atoms with Gasteiger partial charge < -0.3 is 9.64 Å². The van der Waals surface area contributed by atoms with Gasteiger partial charge in [0.1, 0.15) is 11.3 Å². The van der Waals surface area contributed by atoms with Gasteiger partial charge in [-0.1, -0.05) is 19.1 Å². The van der Waals surface area contributed by atoms with Gasteiger partial charge in [0.25, 0.3) is 0 Å². The first-order valence-electron chi connectivity index (χ1n) is 11.9. The van der Waals surface area contributed by atoms with Gasteiger partial charge in [0.2, 0.25) is 0 Å². The maximum Gasteiger partial charge on any atom is 0.145 e. The number of nitrogens with zero attached hydrogens (tertiary/aromatic N) is 5. The van der Waals surface area contributed by atoms with Crippen molar-refractivity contribution < 1.29 is 4.74 Å². The summed E-state index contributed by atoms with van der Waals surface area (Å²) in [4.78, 5) is 11.5. The number of rotatable bonds is 6. The Hall–Kier alpha value is -3.69. The molecule has 0 spiro atoms. The van der Waals surface area contributed by atoms with Gasteiger partial charge in [-0.2, -0.15) is 5.26 Å². The number of likely N-dealkylation sites (tertiary alicyclic amines) is 1. The van der Waals surface area contributed by atoms with Crippen molar-refractivity contribution >= 4 is 5.52 Å². The SMILES string of the molecule is CCc1ccc(-c2c(-c3ccc(C#N)cc3)cc(OC[C@@H]3CCCN(C)C3)c3cncn23)cn1. The van der Waals surface area contributed by atoms with Crippen molar-refractivity contribution in [2.75, 3.05) is 26.7 Å². The molecule has 4 aromatic rings. The molecule has 0 aliphatic carbocycles. The summed E-state index contributed by atoms with van der Waals surface area (Å²) in [6.07, 6.45) is 8.93. The zero-order valence-electron chi connectivity index (χ0n) is 19.7. The smallest absolute Gasteiger partial charge is 0.145 e. The summed E-state index contributed by atoms with van der Waals surface area (Å²) in [5.41, 5.74) is 6.71. The molecule has 1 aliphatic rings. The van der Waals surface area contributed by atoms with E-state index in [1.165, 1.54) is 12.8 Å². The van der Waals surface area contributed by atoms with Crippen molar-refractivity contribution in [3.05, 3.63) is 72.4 Å². The number of ether oxygens (including phenoxy) is 1. The molecule has 4 heterocycles. The molecule has 0 unspecified atom stereocenters. The Morgan fingerprint density at radius 2 is 1.94 bits per heavy atom. The number of nitriles is 1. The first-order chi connectivity index (χ1) is 16.7. The minimum absolute atomic E-state index is 0.519. The lowest BCUT2D eigenvalue weighted by molar-refractivity contribution is 0.151. The van der Waals surface area contributed by atoms with E-state index in [9.17, 15) is 5.26 Å². The van der Waals surface area contributed by atoms with Crippen LogP contribution in [0.25, 0.3) is 27.9 Å². The summed E-state index contributed by atoms with van der Waals surface area (Å²) in [6, 6.07) is 16.2. The van der Waals surface area contributed by atoms with Crippen LogP contribution in [-0.2, 0) is 6.42 Å². The summed E-state index contributed by atoms with van der Waals surface area (Å²) in [5.74, 6) is 1.34. The average Bonchev–Trinajstić information content (AvgIpc) is 3.37. The molecule has 6 nitrogen and oxygen atoms in total. The number of imidazole rings is 1. The van der Waals surface area contributed by atoms with Crippen molar-refractivity contribution in [2.24, 2.45) is 5.92 Å². The van der Waals surface area contributed by atoms with Gasteiger partial charge in [0.05, 0.1) is 36.5 Å². The molecule has 1 aliphatic heterocycles. The van der Waals surface area contributed by atoms with E-state index in [1.54, 1.807) is 0 Å². The van der Waals surface area contributed by atoms with Crippen LogP contribution in [0.1, 0.15) is 31.0 Å². The summed E-state index contributed by atoms with van der Waals surface area (Å²) in [6.45, 7) is 5.01. The fourth-order valence-corrected chi connectivity index (χ4v) is 4.80. The minimum Gasteiger partial charge on any atom is -0.491 e. The van der Waals surface area contributed by atoms with E-state index in [1.807, 2.05) is 43.0 Å². The second-order valence-corrected chi connectivity index (χ2v) is 9.08. The largest absolute Gasteiger partial charge is 0.491 e. The topological polar surface area (TPSA) is 66.5 Å². The van der Waals surface area contributed by atoms with Crippen LogP contribution < -0.4 is 4.74 Å². The van der Waals surface area contributed by atoms with Crippen molar-refractivity contribution in [1.29, 1.82) is 5.26 Å². The zero-order valence-corrected chi connectivity index (χ0v) is 19.7. The van der Waals surface area contributed by atoms with Gasteiger partial charge in [0, 0.05) is 35.5 Å². The highest BCUT2D eigenvalue weighted by Gasteiger charge is 2.21. The van der Waals surface area contributed by atoms with Crippen molar-refractivity contribution in [3.8, 4) is 34.2 Å². The van der Waals surface area contributed by atoms with Crippen LogP contribution in [0.3, 0.4) is 0 Å². The van der Waals surface area contributed by atoms with Crippen molar-refractivity contribution in [2.45, 2.75) is 26.2 Å². The van der Waals surface area contributed by atoms with Crippen LogP contribution in [0.5, 0.6) is 5.75 Å². The molecule has 1 atom stereocenters. The Morgan fingerprint density at radius 1 is 1.12 bits per heavy atom. The quantitative estimate of drug-likeness (QED) is 0.402. The van der Waals surface area contributed by atoms with Crippen LogP contribution >= 0.6 is 0 Å². The Labute approximate surface area is 200 Å². The Balaban J connectivity index is 1.61. The fourth-order valence-electron chi connectivity index (χ4n) is 4.80. The molecule has 0 N–H and O–H groups in total. The van der Waals surface area contributed by atoms with Gasteiger partial charge in [-0.15, -0.1) is 0 Å². The standard InChI is InChI=1S/C28H29N5O/c1-3-24-11-10-23(15-31-24)28-25(22-8-6-20(14-29)7-9-22)13-27(26-16-30-19-33(26)28)34-18-21-5-4-12-32(2)17-21/h6-11,13,15-16,19,21H,3-5,12,17-18H2,1-2H3/t21-/m1/s1. The predicted octanol–water partition coefficient (Wildman–Crippen LogP) is 5.22. The molecule has 5 rings (SSSR count). The van der Waals surface area contributed by atoms with E-state index in [-0.39, 0.29) is 0 Å². The Kier molecular flexibility index (Phi) is 6.29.